The van der Waals surface area contributed by atoms with Crippen LogP contribution in [-0.4, -0.2) is 33.5 Å². The summed E-state index contributed by atoms with van der Waals surface area (Å²) in [6, 6.07) is 14.4. The predicted octanol–water partition coefficient (Wildman–Crippen LogP) is 4.05. The Morgan fingerprint density at radius 2 is 1.64 bits per heavy atom. The molecule has 1 atom stereocenters. The molecule has 4 heteroatoms. The molecular formula is C21H26O4. The van der Waals surface area contributed by atoms with Crippen LogP contribution >= 0.6 is 0 Å². The van der Waals surface area contributed by atoms with Gasteiger partial charge in [-0.25, -0.2) is 0 Å². The van der Waals surface area contributed by atoms with E-state index < -0.39 is 0 Å². The molecule has 1 unspecified atom stereocenters. The monoisotopic (exact) mass is 342 g/mol. The van der Waals surface area contributed by atoms with Crippen molar-refractivity contribution in [3.05, 3.63) is 53.6 Å². The van der Waals surface area contributed by atoms with Crippen LogP contribution < -0.4 is 14.2 Å². The fraction of sp³-hybridized carbons (Fsp3) is 0.429. The normalized spacial score (nSPS) is 15.7. The first-order valence-electron chi connectivity index (χ1n) is 8.82. The van der Waals surface area contributed by atoms with Crippen molar-refractivity contribution in [3.8, 4) is 17.2 Å². The van der Waals surface area contributed by atoms with Crippen LogP contribution in [0.4, 0.5) is 0 Å². The Morgan fingerprint density at radius 3 is 2.32 bits per heavy atom. The lowest BCUT2D eigenvalue weighted by Crippen LogP contribution is -2.05. The second-order valence-electron chi connectivity index (χ2n) is 6.30. The summed E-state index contributed by atoms with van der Waals surface area (Å²) in [7, 11) is 3.37. The molecule has 4 nitrogen and oxygen atoms in total. The van der Waals surface area contributed by atoms with E-state index in [2.05, 4.69) is 24.3 Å². The molecule has 2 aromatic carbocycles. The number of rotatable bonds is 10. The highest BCUT2D eigenvalue weighted by Crippen LogP contribution is 2.25. The van der Waals surface area contributed by atoms with Crippen molar-refractivity contribution in [2.75, 3.05) is 27.4 Å². The zero-order valence-corrected chi connectivity index (χ0v) is 15.0. The molecule has 0 aliphatic carbocycles. The molecular weight excluding hydrogens is 316 g/mol. The molecule has 3 rings (SSSR count). The summed E-state index contributed by atoms with van der Waals surface area (Å²) in [4.78, 5) is 0. The Morgan fingerprint density at radius 1 is 0.960 bits per heavy atom. The Bertz CT molecular complexity index is 657. The second-order valence-corrected chi connectivity index (χ2v) is 6.30. The standard InChI is InChI=1S/C21H26O4/c1-22-18-11-16(12-19(13-18)23-2)7-3-4-8-17-9-5-6-10-21(17)25-15-20-14-24-20/h5-6,9-13,20H,3-4,7-8,14-15H2,1-2H3. The Balaban J connectivity index is 1.50. The molecule has 0 amide bonds. The molecule has 2 aromatic rings. The molecule has 1 fully saturated rings. The van der Waals surface area contributed by atoms with Crippen molar-refractivity contribution in [3.63, 3.8) is 0 Å². The molecule has 0 spiro atoms. The summed E-state index contributed by atoms with van der Waals surface area (Å²) in [6.45, 7) is 1.48. The average molecular weight is 342 g/mol. The van der Waals surface area contributed by atoms with Crippen LogP contribution in [0.1, 0.15) is 24.0 Å². The number of unbranched alkanes of at least 4 members (excludes halogenated alkanes) is 1. The van der Waals surface area contributed by atoms with Gasteiger partial charge in [-0.2, -0.15) is 0 Å². The highest BCUT2D eigenvalue weighted by atomic mass is 16.6. The minimum absolute atomic E-state index is 0.288. The maximum Gasteiger partial charge on any atom is 0.122 e. The van der Waals surface area contributed by atoms with Gasteiger partial charge in [0.25, 0.3) is 0 Å². The van der Waals surface area contributed by atoms with Crippen molar-refractivity contribution in [1.82, 2.24) is 0 Å². The average Bonchev–Trinajstić information content (AvgIpc) is 3.48. The first-order chi connectivity index (χ1) is 12.3. The fourth-order valence-corrected chi connectivity index (χ4v) is 2.85. The minimum atomic E-state index is 0.288. The summed E-state index contributed by atoms with van der Waals surface area (Å²) < 4.78 is 21.8. The quantitative estimate of drug-likeness (QED) is 0.482. The van der Waals surface area contributed by atoms with E-state index in [1.54, 1.807) is 14.2 Å². The molecule has 0 bridgehead atoms. The molecule has 0 saturated carbocycles. The summed E-state index contributed by atoms with van der Waals surface area (Å²) >= 11 is 0. The summed E-state index contributed by atoms with van der Waals surface area (Å²) in [6.07, 6.45) is 4.53. The molecule has 1 aliphatic rings. The summed E-state index contributed by atoms with van der Waals surface area (Å²) in [5.41, 5.74) is 2.51. The van der Waals surface area contributed by atoms with Crippen LogP contribution in [0.15, 0.2) is 42.5 Å². The fourth-order valence-electron chi connectivity index (χ4n) is 2.85. The molecule has 1 aliphatic heterocycles. The SMILES string of the molecule is COc1cc(CCCCc2ccccc2OCC2CO2)cc(OC)c1. The van der Waals surface area contributed by atoms with Gasteiger partial charge < -0.3 is 18.9 Å². The number of aryl methyl sites for hydroxylation is 2. The van der Waals surface area contributed by atoms with E-state index in [9.17, 15) is 0 Å². The highest BCUT2D eigenvalue weighted by molar-refractivity contribution is 5.38. The van der Waals surface area contributed by atoms with Gasteiger partial charge in [0, 0.05) is 6.07 Å². The third-order valence-electron chi connectivity index (χ3n) is 4.37. The number of ether oxygens (including phenoxy) is 4. The van der Waals surface area contributed by atoms with Gasteiger partial charge in [-0.3, -0.25) is 0 Å². The molecule has 0 radical (unpaired) electrons. The van der Waals surface area contributed by atoms with E-state index in [4.69, 9.17) is 18.9 Å². The number of benzene rings is 2. The Labute approximate surface area is 149 Å². The van der Waals surface area contributed by atoms with Crippen LogP contribution in [0.3, 0.4) is 0 Å². The van der Waals surface area contributed by atoms with Gasteiger partial charge in [0.15, 0.2) is 0 Å². The molecule has 0 N–H and O–H groups in total. The second kappa shape index (κ2) is 8.77. The molecule has 0 aromatic heterocycles. The maximum absolute atomic E-state index is 5.88. The zero-order valence-electron chi connectivity index (χ0n) is 15.0. The van der Waals surface area contributed by atoms with E-state index in [-0.39, 0.29) is 6.10 Å². The van der Waals surface area contributed by atoms with Crippen LogP contribution in [0.2, 0.25) is 0 Å². The van der Waals surface area contributed by atoms with E-state index >= 15 is 0 Å². The van der Waals surface area contributed by atoms with Gasteiger partial charge in [-0.05, 0) is 55.0 Å². The summed E-state index contributed by atoms with van der Waals surface area (Å²) in [5, 5.41) is 0. The van der Waals surface area contributed by atoms with Crippen LogP contribution in [-0.2, 0) is 17.6 Å². The lowest BCUT2D eigenvalue weighted by atomic mass is 10.0. The number of hydrogen-bond donors (Lipinski definition) is 0. The summed E-state index contributed by atoms with van der Waals surface area (Å²) in [5.74, 6) is 2.67. The minimum Gasteiger partial charge on any atom is -0.497 e. The Hall–Kier alpha value is -2.20. The van der Waals surface area contributed by atoms with Crippen LogP contribution in [0.5, 0.6) is 17.2 Å². The van der Waals surface area contributed by atoms with Gasteiger partial charge >= 0.3 is 0 Å². The zero-order chi connectivity index (χ0) is 17.5. The van der Waals surface area contributed by atoms with Crippen molar-refractivity contribution < 1.29 is 18.9 Å². The van der Waals surface area contributed by atoms with Gasteiger partial charge in [0.05, 0.1) is 20.8 Å². The number of epoxide rings is 1. The first-order valence-corrected chi connectivity index (χ1v) is 8.82. The van der Waals surface area contributed by atoms with Gasteiger partial charge in [0.2, 0.25) is 0 Å². The Kier molecular flexibility index (Phi) is 6.18. The van der Waals surface area contributed by atoms with Crippen molar-refractivity contribution in [2.24, 2.45) is 0 Å². The first kappa shape index (κ1) is 17.6. The number of hydrogen-bond acceptors (Lipinski definition) is 4. The van der Waals surface area contributed by atoms with E-state index in [0.29, 0.717) is 6.61 Å². The van der Waals surface area contributed by atoms with E-state index in [0.717, 1.165) is 49.5 Å². The highest BCUT2D eigenvalue weighted by Gasteiger charge is 2.23. The lowest BCUT2D eigenvalue weighted by molar-refractivity contribution is 0.261. The molecule has 25 heavy (non-hydrogen) atoms. The van der Waals surface area contributed by atoms with Gasteiger partial charge in [-0.1, -0.05) is 18.2 Å². The van der Waals surface area contributed by atoms with Crippen molar-refractivity contribution >= 4 is 0 Å². The van der Waals surface area contributed by atoms with E-state index in [1.165, 1.54) is 11.1 Å². The van der Waals surface area contributed by atoms with Gasteiger partial charge in [0.1, 0.15) is 30.0 Å². The van der Waals surface area contributed by atoms with Crippen LogP contribution in [0.25, 0.3) is 0 Å². The van der Waals surface area contributed by atoms with Crippen LogP contribution in [0, 0.1) is 0 Å². The smallest absolute Gasteiger partial charge is 0.122 e. The van der Waals surface area contributed by atoms with Gasteiger partial charge in [-0.15, -0.1) is 0 Å². The topological polar surface area (TPSA) is 40.2 Å². The number of para-hydroxylation sites is 1. The molecule has 1 heterocycles. The molecule has 134 valence electrons. The lowest BCUT2D eigenvalue weighted by Gasteiger charge is -2.11. The number of methoxy groups -OCH3 is 2. The van der Waals surface area contributed by atoms with Crippen molar-refractivity contribution in [1.29, 1.82) is 0 Å². The third kappa shape index (κ3) is 5.40. The van der Waals surface area contributed by atoms with E-state index in [1.807, 2.05) is 18.2 Å². The third-order valence-corrected chi connectivity index (χ3v) is 4.37. The predicted molar refractivity (Wildman–Crippen MR) is 97.9 cm³/mol. The maximum atomic E-state index is 5.88. The largest absolute Gasteiger partial charge is 0.497 e. The molecule has 1 saturated heterocycles. The van der Waals surface area contributed by atoms with Crippen molar-refractivity contribution in [2.45, 2.75) is 31.8 Å².